The van der Waals surface area contributed by atoms with E-state index in [1.54, 1.807) is 0 Å². The molecule has 6 heteroatoms. The van der Waals surface area contributed by atoms with E-state index in [0.29, 0.717) is 17.5 Å². The number of fused-ring (bicyclic) bond motifs is 9. The number of nitrogens with zero attached hydrogens (tertiary/aromatic N) is 6. The minimum absolute atomic E-state index is 0.625. The van der Waals surface area contributed by atoms with Gasteiger partial charge in [0, 0.05) is 65.9 Å². The van der Waals surface area contributed by atoms with Gasteiger partial charge in [0.05, 0.1) is 38.8 Å². The average molecular weight is 1030 g/mol. The summed E-state index contributed by atoms with van der Waals surface area (Å²) in [6.45, 7) is 0. The molecule has 12 aromatic carbocycles. The molecule has 0 spiro atoms. The minimum atomic E-state index is 0.625. The molecule has 16 aromatic rings. The quantitative estimate of drug-likeness (QED) is 0.145. The highest BCUT2D eigenvalue weighted by atomic mass is 15.0. The molecule has 6 nitrogen and oxygen atoms in total. The Morgan fingerprint density at radius 2 is 0.543 bits per heavy atom. The zero-order valence-electron chi connectivity index (χ0n) is 43.9. The summed E-state index contributed by atoms with van der Waals surface area (Å²) in [7, 11) is 0. The van der Waals surface area contributed by atoms with Gasteiger partial charge in [-0.15, -0.1) is 0 Å². The number of hydrogen-bond acceptors (Lipinski definition) is 3. The van der Waals surface area contributed by atoms with Crippen molar-refractivity contribution in [3.63, 3.8) is 0 Å². The molecular formula is C75H48N6. The summed E-state index contributed by atoms with van der Waals surface area (Å²) in [4.78, 5) is 15.0. The van der Waals surface area contributed by atoms with E-state index in [1.807, 2.05) is 60.7 Å². The number of aromatic nitrogens is 6. The highest BCUT2D eigenvalue weighted by Crippen LogP contribution is 2.43. The second kappa shape index (κ2) is 18.9. The predicted molar refractivity (Wildman–Crippen MR) is 335 cm³/mol. The maximum absolute atomic E-state index is 5.04. The highest BCUT2D eigenvalue weighted by Gasteiger charge is 2.21. The molecule has 0 aliphatic carbocycles. The molecule has 16 rings (SSSR count). The molecular weight excluding hydrogens is 985 g/mol. The maximum Gasteiger partial charge on any atom is 0.164 e. The Morgan fingerprint density at radius 1 is 0.198 bits per heavy atom. The SMILES string of the molecule is c1ccc(-c2nc(-c3ccccc3)nc(-c3ccc(-c4ccc(-n5c6ccccc6c6ccccc65)c(-c5ccc6c(c5)c5ccc(-c7ccc8c(c7)c7ccccc7n8-c7ccccc7)cc5n6-c5ccccc5)c4)cc3)n2)cc1. The molecule has 0 fully saturated rings. The van der Waals surface area contributed by atoms with E-state index in [2.05, 4.69) is 244 Å². The lowest BCUT2D eigenvalue weighted by Crippen LogP contribution is -2.00. The molecule has 0 aliphatic rings. The topological polar surface area (TPSA) is 53.5 Å². The van der Waals surface area contributed by atoms with Gasteiger partial charge in [0.1, 0.15) is 0 Å². The Bertz CT molecular complexity index is 4970. The van der Waals surface area contributed by atoms with Crippen LogP contribution in [0.3, 0.4) is 0 Å². The van der Waals surface area contributed by atoms with E-state index in [9.17, 15) is 0 Å². The van der Waals surface area contributed by atoms with E-state index in [-0.39, 0.29) is 0 Å². The van der Waals surface area contributed by atoms with Crippen molar-refractivity contribution in [3.05, 3.63) is 291 Å². The summed E-state index contributed by atoms with van der Waals surface area (Å²) >= 11 is 0. The Labute approximate surface area is 467 Å². The molecule has 0 amide bonds. The molecule has 0 N–H and O–H groups in total. The van der Waals surface area contributed by atoms with Crippen molar-refractivity contribution in [1.82, 2.24) is 28.7 Å². The number of hydrogen-bond donors (Lipinski definition) is 0. The second-order valence-electron chi connectivity index (χ2n) is 20.8. The first-order chi connectivity index (χ1) is 40.2. The monoisotopic (exact) mass is 1030 g/mol. The molecule has 81 heavy (non-hydrogen) atoms. The lowest BCUT2D eigenvalue weighted by molar-refractivity contribution is 1.07. The van der Waals surface area contributed by atoms with Crippen LogP contribution < -0.4 is 0 Å². The van der Waals surface area contributed by atoms with Gasteiger partial charge in [-0.1, -0.05) is 206 Å². The summed E-state index contributed by atoms with van der Waals surface area (Å²) in [5.74, 6) is 1.90. The molecule has 0 bridgehead atoms. The van der Waals surface area contributed by atoms with Crippen LogP contribution in [-0.2, 0) is 0 Å². The van der Waals surface area contributed by atoms with Gasteiger partial charge in [0.2, 0.25) is 0 Å². The first-order valence-corrected chi connectivity index (χ1v) is 27.5. The molecule has 0 aliphatic heterocycles. The van der Waals surface area contributed by atoms with Crippen molar-refractivity contribution < 1.29 is 0 Å². The first kappa shape index (κ1) is 46.2. The normalized spacial score (nSPS) is 11.7. The molecule has 0 radical (unpaired) electrons. The summed E-state index contributed by atoms with van der Waals surface area (Å²) in [6, 6.07) is 105. The van der Waals surface area contributed by atoms with Crippen molar-refractivity contribution in [3.8, 4) is 84.6 Å². The van der Waals surface area contributed by atoms with E-state index < -0.39 is 0 Å². The number of benzene rings is 12. The van der Waals surface area contributed by atoms with Gasteiger partial charge in [-0.3, -0.25) is 0 Å². The Hall–Kier alpha value is -11.0. The van der Waals surface area contributed by atoms with Gasteiger partial charge >= 0.3 is 0 Å². The Balaban J connectivity index is 0.858. The summed E-state index contributed by atoms with van der Waals surface area (Å²) in [6.07, 6.45) is 0. The van der Waals surface area contributed by atoms with Crippen molar-refractivity contribution >= 4 is 65.4 Å². The molecule has 0 atom stereocenters. The van der Waals surface area contributed by atoms with Gasteiger partial charge < -0.3 is 13.7 Å². The fraction of sp³-hybridized carbons (Fsp3) is 0. The van der Waals surface area contributed by atoms with Crippen molar-refractivity contribution in [2.45, 2.75) is 0 Å². The van der Waals surface area contributed by atoms with Crippen LogP contribution in [0.2, 0.25) is 0 Å². The van der Waals surface area contributed by atoms with Crippen molar-refractivity contribution in [2.24, 2.45) is 0 Å². The molecule has 4 aromatic heterocycles. The standard InChI is InChI=1S/C75H48N6/c1-5-19-50(20-6-1)73-76-74(51-21-7-2-8-22-51)78-75(77-73)52-35-33-49(34-36-52)53-38-42-69(81-67-31-17-13-27-59(67)60-28-14-18-32-68(60)81)63(45-53)56-40-44-71-65(47-56)62-41-37-55(48-72(62)80(71)58-25-11-4-12-26-58)54-39-43-70-64(46-54)61-29-15-16-30-66(61)79(70)57-23-9-3-10-24-57/h1-48H. The molecule has 378 valence electrons. The zero-order valence-corrected chi connectivity index (χ0v) is 43.9. The van der Waals surface area contributed by atoms with Crippen LogP contribution in [0.25, 0.3) is 150 Å². The fourth-order valence-corrected chi connectivity index (χ4v) is 12.3. The third-order valence-corrected chi connectivity index (χ3v) is 16.1. The Morgan fingerprint density at radius 3 is 1.10 bits per heavy atom. The maximum atomic E-state index is 5.04. The molecule has 0 saturated carbocycles. The van der Waals surface area contributed by atoms with Gasteiger partial charge in [0.15, 0.2) is 17.5 Å². The van der Waals surface area contributed by atoms with Gasteiger partial charge in [-0.05, 0) is 113 Å². The lowest BCUT2D eigenvalue weighted by atomic mass is 9.95. The Kier molecular flexibility index (Phi) is 10.8. The van der Waals surface area contributed by atoms with Gasteiger partial charge in [-0.25, -0.2) is 15.0 Å². The molecule has 0 saturated heterocycles. The van der Waals surface area contributed by atoms with Gasteiger partial charge in [-0.2, -0.15) is 0 Å². The van der Waals surface area contributed by atoms with Crippen molar-refractivity contribution in [2.75, 3.05) is 0 Å². The smallest absolute Gasteiger partial charge is 0.164 e. The number of rotatable bonds is 9. The minimum Gasteiger partial charge on any atom is -0.309 e. The third kappa shape index (κ3) is 7.76. The summed E-state index contributed by atoms with van der Waals surface area (Å²) in [5, 5.41) is 7.29. The molecule has 4 heterocycles. The highest BCUT2D eigenvalue weighted by molar-refractivity contribution is 6.14. The van der Waals surface area contributed by atoms with Crippen LogP contribution >= 0.6 is 0 Å². The van der Waals surface area contributed by atoms with E-state index in [0.717, 1.165) is 83.6 Å². The van der Waals surface area contributed by atoms with Crippen LogP contribution in [0.4, 0.5) is 0 Å². The van der Waals surface area contributed by atoms with Crippen LogP contribution in [0, 0.1) is 0 Å². The average Bonchev–Trinajstić information content (AvgIpc) is 4.37. The second-order valence-corrected chi connectivity index (χ2v) is 20.8. The predicted octanol–water partition coefficient (Wildman–Crippen LogP) is 19.2. The van der Waals surface area contributed by atoms with Crippen LogP contribution in [-0.4, -0.2) is 28.7 Å². The summed E-state index contributed by atoms with van der Waals surface area (Å²) < 4.78 is 7.25. The van der Waals surface area contributed by atoms with Gasteiger partial charge in [0.25, 0.3) is 0 Å². The number of para-hydroxylation sites is 5. The van der Waals surface area contributed by atoms with Crippen molar-refractivity contribution in [1.29, 1.82) is 0 Å². The lowest BCUT2D eigenvalue weighted by Gasteiger charge is -2.17. The zero-order chi connectivity index (χ0) is 53.4. The van der Waals surface area contributed by atoms with E-state index in [1.165, 1.54) is 48.9 Å². The molecule has 0 unspecified atom stereocenters. The first-order valence-electron chi connectivity index (χ1n) is 27.5. The summed E-state index contributed by atoms with van der Waals surface area (Å²) in [5.41, 5.74) is 20.0. The van der Waals surface area contributed by atoms with E-state index >= 15 is 0 Å². The largest absolute Gasteiger partial charge is 0.309 e. The third-order valence-electron chi connectivity index (χ3n) is 16.1. The van der Waals surface area contributed by atoms with E-state index in [4.69, 9.17) is 15.0 Å². The van der Waals surface area contributed by atoms with Crippen LogP contribution in [0.1, 0.15) is 0 Å². The van der Waals surface area contributed by atoms with Crippen LogP contribution in [0.15, 0.2) is 291 Å². The van der Waals surface area contributed by atoms with Crippen LogP contribution in [0.5, 0.6) is 0 Å². The fourth-order valence-electron chi connectivity index (χ4n) is 12.3.